The quantitative estimate of drug-likeness (QED) is 0.366. The van der Waals surface area contributed by atoms with Crippen LogP contribution in [0.2, 0.25) is 0 Å². The second kappa shape index (κ2) is 5.69. The Labute approximate surface area is 149 Å². The van der Waals surface area contributed by atoms with Gasteiger partial charge in [0.1, 0.15) is 33.4 Å². The minimum atomic E-state index is 0.672. The van der Waals surface area contributed by atoms with E-state index in [0.29, 0.717) is 11.4 Å². The first-order chi connectivity index (χ1) is 10.7. The number of azo groups is 1. The SMILES string of the molecule is Brc1ccc(/N=N/c2ccc(Br)c3nsnc23)c2nsnc12. The zero-order chi connectivity index (χ0) is 15.1. The highest BCUT2D eigenvalue weighted by atomic mass is 79.9. The summed E-state index contributed by atoms with van der Waals surface area (Å²) >= 11 is 9.20. The first kappa shape index (κ1) is 14.2. The van der Waals surface area contributed by atoms with Crippen molar-refractivity contribution in [1.82, 2.24) is 17.5 Å². The molecule has 0 atom stereocenters. The molecule has 0 N–H and O–H groups in total. The van der Waals surface area contributed by atoms with Crippen molar-refractivity contribution >= 4 is 88.8 Å². The van der Waals surface area contributed by atoms with Gasteiger partial charge in [-0.2, -0.15) is 17.5 Å². The number of rotatable bonds is 2. The standard InChI is InChI=1S/C12H4Br2N6S2/c13-5-1-3-7(11-9(5)17-21-19-11)15-16-8-4-2-6(14)10-12(8)20-22-18-10/h1-4H/b16-15+. The maximum Gasteiger partial charge on any atom is 0.133 e. The number of hydrogen-bond acceptors (Lipinski definition) is 8. The molecule has 10 heteroatoms. The predicted molar refractivity (Wildman–Crippen MR) is 94.4 cm³/mol. The maximum absolute atomic E-state index is 4.31. The molecule has 0 unspecified atom stereocenters. The van der Waals surface area contributed by atoms with Gasteiger partial charge in [0.25, 0.3) is 0 Å². The second-order valence-electron chi connectivity index (χ2n) is 4.26. The van der Waals surface area contributed by atoms with E-state index in [9.17, 15) is 0 Å². The Morgan fingerprint density at radius 1 is 0.636 bits per heavy atom. The average Bonchev–Trinajstić information content (AvgIpc) is 3.18. The fraction of sp³-hybridized carbons (Fsp3) is 0. The van der Waals surface area contributed by atoms with Gasteiger partial charge in [-0.1, -0.05) is 0 Å². The Morgan fingerprint density at radius 3 is 1.50 bits per heavy atom. The van der Waals surface area contributed by atoms with Crippen molar-refractivity contribution < 1.29 is 0 Å². The number of aromatic nitrogens is 4. The largest absolute Gasteiger partial charge is 0.172 e. The second-order valence-corrected chi connectivity index (χ2v) is 7.02. The zero-order valence-corrected chi connectivity index (χ0v) is 15.4. The normalized spacial score (nSPS) is 11.9. The summed E-state index contributed by atoms with van der Waals surface area (Å²) in [4.78, 5) is 0. The van der Waals surface area contributed by atoms with Crippen molar-refractivity contribution in [3.05, 3.63) is 33.2 Å². The van der Waals surface area contributed by atoms with E-state index in [0.717, 1.165) is 54.5 Å². The van der Waals surface area contributed by atoms with Crippen LogP contribution in [0.5, 0.6) is 0 Å². The molecular formula is C12H4Br2N6S2. The van der Waals surface area contributed by atoms with Gasteiger partial charge in [-0.25, -0.2) is 0 Å². The number of nitrogens with zero attached hydrogens (tertiary/aromatic N) is 6. The van der Waals surface area contributed by atoms with Crippen LogP contribution in [0.15, 0.2) is 43.4 Å². The van der Waals surface area contributed by atoms with Crippen LogP contribution in [0.25, 0.3) is 22.1 Å². The van der Waals surface area contributed by atoms with Gasteiger partial charge >= 0.3 is 0 Å². The highest BCUT2D eigenvalue weighted by Gasteiger charge is 2.10. The van der Waals surface area contributed by atoms with Gasteiger partial charge in [-0.15, -0.1) is 10.2 Å². The summed E-state index contributed by atoms with van der Waals surface area (Å²) in [7, 11) is 0. The highest BCUT2D eigenvalue weighted by Crippen LogP contribution is 2.34. The third kappa shape index (κ3) is 2.35. The van der Waals surface area contributed by atoms with Crippen molar-refractivity contribution in [2.45, 2.75) is 0 Å². The van der Waals surface area contributed by atoms with Gasteiger partial charge < -0.3 is 0 Å². The Balaban J connectivity index is 1.83. The Hall–Kier alpha value is -1.36. The molecule has 0 aliphatic carbocycles. The van der Waals surface area contributed by atoms with Gasteiger partial charge in [0, 0.05) is 8.95 Å². The first-order valence-electron chi connectivity index (χ1n) is 5.97. The van der Waals surface area contributed by atoms with E-state index < -0.39 is 0 Å². The molecule has 0 bridgehead atoms. The van der Waals surface area contributed by atoms with E-state index >= 15 is 0 Å². The molecule has 0 aliphatic rings. The number of halogens is 2. The van der Waals surface area contributed by atoms with E-state index in [1.807, 2.05) is 24.3 Å². The van der Waals surface area contributed by atoms with Gasteiger partial charge in [0.2, 0.25) is 0 Å². The molecule has 0 amide bonds. The number of hydrogen-bond donors (Lipinski definition) is 0. The van der Waals surface area contributed by atoms with Crippen LogP contribution in [0.3, 0.4) is 0 Å². The van der Waals surface area contributed by atoms with Crippen LogP contribution in [0.4, 0.5) is 11.4 Å². The highest BCUT2D eigenvalue weighted by molar-refractivity contribution is 9.11. The lowest BCUT2D eigenvalue weighted by Crippen LogP contribution is -1.75. The molecule has 2 aromatic carbocycles. The fourth-order valence-electron chi connectivity index (χ4n) is 1.92. The topological polar surface area (TPSA) is 76.3 Å². The molecule has 6 nitrogen and oxygen atoms in total. The lowest BCUT2D eigenvalue weighted by atomic mass is 10.2. The van der Waals surface area contributed by atoms with Crippen molar-refractivity contribution in [3.63, 3.8) is 0 Å². The summed E-state index contributed by atoms with van der Waals surface area (Å²) in [5.74, 6) is 0. The van der Waals surface area contributed by atoms with E-state index in [2.05, 4.69) is 59.6 Å². The van der Waals surface area contributed by atoms with E-state index in [1.54, 1.807) is 0 Å². The molecule has 4 aromatic rings. The van der Waals surface area contributed by atoms with Crippen LogP contribution in [-0.4, -0.2) is 17.5 Å². The molecule has 108 valence electrons. The van der Waals surface area contributed by atoms with Crippen LogP contribution in [0, 0.1) is 0 Å². The molecule has 4 rings (SSSR count). The first-order valence-corrected chi connectivity index (χ1v) is 9.02. The number of fused-ring (bicyclic) bond motifs is 2. The Kier molecular flexibility index (Phi) is 3.68. The molecule has 22 heavy (non-hydrogen) atoms. The molecule has 0 radical (unpaired) electrons. The van der Waals surface area contributed by atoms with Crippen LogP contribution in [-0.2, 0) is 0 Å². The monoisotopic (exact) mass is 454 g/mol. The maximum atomic E-state index is 4.31. The van der Waals surface area contributed by atoms with E-state index in [1.165, 1.54) is 0 Å². The zero-order valence-electron chi connectivity index (χ0n) is 10.6. The summed E-state index contributed by atoms with van der Waals surface area (Å²) in [6, 6.07) is 7.48. The lowest BCUT2D eigenvalue weighted by Gasteiger charge is -1.97. The summed E-state index contributed by atoms with van der Waals surface area (Å²) in [6.45, 7) is 0. The van der Waals surface area contributed by atoms with Crippen molar-refractivity contribution in [2.75, 3.05) is 0 Å². The van der Waals surface area contributed by atoms with E-state index in [4.69, 9.17) is 0 Å². The summed E-state index contributed by atoms with van der Waals surface area (Å²) in [6.07, 6.45) is 0. The third-order valence-electron chi connectivity index (χ3n) is 2.96. The molecule has 0 spiro atoms. The summed E-state index contributed by atoms with van der Waals surface area (Å²) in [5.41, 5.74) is 4.38. The Bertz CT molecular complexity index is 943. The minimum absolute atomic E-state index is 0.672. The molecule has 0 fully saturated rings. The molecule has 0 saturated carbocycles. The van der Waals surface area contributed by atoms with Gasteiger partial charge in [-0.05, 0) is 56.1 Å². The Morgan fingerprint density at radius 2 is 1.05 bits per heavy atom. The molecule has 2 heterocycles. The molecular weight excluding hydrogens is 452 g/mol. The van der Waals surface area contributed by atoms with Gasteiger partial charge in [0.15, 0.2) is 0 Å². The average molecular weight is 456 g/mol. The van der Waals surface area contributed by atoms with Crippen LogP contribution < -0.4 is 0 Å². The van der Waals surface area contributed by atoms with Gasteiger partial charge in [0.05, 0.1) is 23.5 Å². The summed E-state index contributed by atoms with van der Waals surface area (Å²) < 4.78 is 18.8. The minimum Gasteiger partial charge on any atom is -0.172 e. The molecule has 0 aliphatic heterocycles. The van der Waals surface area contributed by atoms with Crippen LogP contribution in [0.1, 0.15) is 0 Å². The van der Waals surface area contributed by atoms with Crippen molar-refractivity contribution in [3.8, 4) is 0 Å². The van der Waals surface area contributed by atoms with Gasteiger partial charge in [-0.3, -0.25) is 0 Å². The fourth-order valence-corrected chi connectivity index (χ4v) is 4.11. The number of benzene rings is 2. The summed E-state index contributed by atoms with van der Waals surface area (Å²) in [5, 5.41) is 8.61. The smallest absolute Gasteiger partial charge is 0.133 e. The lowest BCUT2D eigenvalue weighted by molar-refractivity contribution is 1.24. The van der Waals surface area contributed by atoms with Crippen molar-refractivity contribution in [2.24, 2.45) is 10.2 Å². The molecule has 2 aromatic heterocycles. The third-order valence-corrected chi connectivity index (χ3v) is 5.29. The van der Waals surface area contributed by atoms with Crippen molar-refractivity contribution in [1.29, 1.82) is 0 Å². The van der Waals surface area contributed by atoms with Crippen LogP contribution >= 0.6 is 55.3 Å². The molecule has 0 saturated heterocycles. The predicted octanol–water partition coefficient (Wildman–Crippen LogP) is 5.64. The van der Waals surface area contributed by atoms with E-state index in [-0.39, 0.29) is 0 Å².